The number of hydrogen-bond donors (Lipinski definition) is 2. The second-order valence-corrected chi connectivity index (χ2v) is 7.34. The zero-order chi connectivity index (χ0) is 17.0. The zero-order valence-corrected chi connectivity index (χ0v) is 14.1. The van der Waals surface area contributed by atoms with Gasteiger partial charge in [-0.2, -0.15) is 0 Å². The van der Waals surface area contributed by atoms with E-state index in [-0.39, 0.29) is 17.1 Å². The van der Waals surface area contributed by atoms with Crippen molar-refractivity contribution in [1.82, 2.24) is 0 Å². The minimum Gasteiger partial charge on any atom is -0.504 e. The first-order valence-corrected chi connectivity index (χ1v) is 8.08. The highest BCUT2D eigenvalue weighted by Crippen LogP contribution is 2.57. The van der Waals surface area contributed by atoms with E-state index in [0.717, 1.165) is 29.5 Å². The van der Waals surface area contributed by atoms with Gasteiger partial charge in [-0.3, -0.25) is 4.79 Å². The molecule has 0 unspecified atom stereocenters. The second kappa shape index (κ2) is 5.02. The Balaban J connectivity index is 2.24. The van der Waals surface area contributed by atoms with Crippen LogP contribution >= 0.6 is 0 Å². The molecule has 1 fully saturated rings. The van der Waals surface area contributed by atoms with E-state index in [4.69, 9.17) is 4.74 Å². The Morgan fingerprint density at radius 1 is 1.35 bits per heavy atom. The number of rotatable bonds is 2. The number of aliphatic carboxylic acids is 1. The summed E-state index contributed by atoms with van der Waals surface area (Å²) in [5.74, 6) is -0.180. The number of carboxylic acids is 1. The summed E-state index contributed by atoms with van der Waals surface area (Å²) in [5.41, 5.74) is 1.85. The molecule has 4 nitrogen and oxygen atoms in total. The maximum absolute atomic E-state index is 11.9. The highest BCUT2D eigenvalue weighted by molar-refractivity contribution is 5.78. The number of ether oxygens (including phenoxy) is 1. The molecule has 0 amide bonds. The first kappa shape index (κ1) is 15.9. The van der Waals surface area contributed by atoms with E-state index < -0.39 is 11.4 Å². The molecule has 0 spiro atoms. The molecule has 2 aliphatic carbocycles. The summed E-state index contributed by atoms with van der Waals surface area (Å²) >= 11 is 0. The summed E-state index contributed by atoms with van der Waals surface area (Å²) in [6.45, 7) is 5.89. The number of carbonyl (C=O) groups is 1. The van der Waals surface area contributed by atoms with Crippen LogP contribution in [0.15, 0.2) is 12.1 Å². The van der Waals surface area contributed by atoms with Gasteiger partial charge in [0.2, 0.25) is 0 Å². The van der Waals surface area contributed by atoms with Gasteiger partial charge in [0.05, 0.1) is 12.5 Å². The number of carboxylic acid groups (broad SMARTS) is 1. The Morgan fingerprint density at radius 3 is 2.65 bits per heavy atom. The molecule has 4 heteroatoms. The fourth-order valence-electron chi connectivity index (χ4n) is 4.63. The summed E-state index contributed by atoms with van der Waals surface area (Å²) in [6, 6.07) is 1.89. The molecule has 2 N–H and O–H groups in total. The first-order chi connectivity index (χ1) is 10.8. The molecule has 0 aromatic heterocycles. The molecule has 23 heavy (non-hydrogen) atoms. The maximum Gasteiger partial charge on any atom is 0.309 e. The largest absolute Gasteiger partial charge is 0.504 e. The van der Waals surface area contributed by atoms with Crippen molar-refractivity contribution in [2.75, 3.05) is 7.11 Å². The summed E-state index contributed by atoms with van der Waals surface area (Å²) in [4.78, 5) is 11.9. The number of allylic oxidation sites excluding steroid dienone is 1. The second-order valence-electron chi connectivity index (χ2n) is 7.34. The Bertz CT molecular complexity index is 706. The standard InChI is InChI=1S/C19H24O4/c1-11-12-6-7-15-18(2,8-5-9-19(15,3)17(21)22)13(12)10-14(23-4)16(11)20/h6-7,10,15,20H,5,8-9H2,1-4H3,(H,21,22)/t15-,18-,19+/m1/s1. The van der Waals surface area contributed by atoms with E-state index in [2.05, 4.69) is 6.92 Å². The summed E-state index contributed by atoms with van der Waals surface area (Å²) in [6.07, 6.45) is 6.52. The molecular weight excluding hydrogens is 292 g/mol. The summed E-state index contributed by atoms with van der Waals surface area (Å²) in [7, 11) is 1.54. The highest BCUT2D eigenvalue weighted by Gasteiger charge is 2.54. The summed E-state index contributed by atoms with van der Waals surface area (Å²) in [5, 5.41) is 20.1. The lowest BCUT2D eigenvalue weighted by Gasteiger charge is -2.51. The van der Waals surface area contributed by atoms with Gasteiger partial charge < -0.3 is 14.9 Å². The fourth-order valence-corrected chi connectivity index (χ4v) is 4.63. The molecule has 0 saturated heterocycles. The molecule has 0 bridgehead atoms. The lowest BCUT2D eigenvalue weighted by molar-refractivity contribution is -0.154. The SMILES string of the molecule is COc1cc2c(c(C)c1O)C=C[C@H]1[C@@](C)(C(=O)O)CCC[C@]21C. The molecular formula is C19H24O4. The topological polar surface area (TPSA) is 66.8 Å². The molecule has 0 radical (unpaired) electrons. The van der Waals surface area contributed by atoms with Crippen LogP contribution in [0.1, 0.15) is 49.8 Å². The minimum absolute atomic E-state index is 0.0672. The van der Waals surface area contributed by atoms with Crippen LogP contribution in [0.4, 0.5) is 0 Å². The van der Waals surface area contributed by atoms with Crippen molar-refractivity contribution in [3.05, 3.63) is 28.8 Å². The van der Waals surface area contributed by atoms with Gasteiger partial charge >= 0.3 is 5.97 Å². The normalized spacial score (nSPS) is 32.1. The number of fused-ring (bicyclic) bond motifs is 3. The predicted molar refractivity (Wildman–Crippen MR) is 88.9 cm³/mol. The van der Waals surface area contributed by atoms with Gasteiger partial charge in [-0.15, -0.1) is 0 Å². The lowest BCUT2D eigenvalue weighted by Crippen LogP contribution is -2.50. The number of hydrogen-bond acceptors (Lipinski definition) is 3. The molecule has 0 heterocycles. The van der Waals surface area contributed by atoms with Crippen LogP contribution in [-0.4, -0.2) is 23.3 Å². The first-order valence-electron chi connectivity index (χ1n) is 8.08. The molecule has 2 aliphatic rings. The van der Waals surface area contributed by atoms with Crippen LogP contribution in [0.25, 0.3) is 6.08 Å². The minimum atomic E-state index is -0.764. The molecule has 1 aromatic carbocycles. The smallest absolute Gasteiger partial charge is 0.309 e. The van der Waals surface area contributed by atoms with Crippen molar-refractivity contribution in [2.45, 2.75) is 45.4 Å². The summed E-state index contributed by atoms with van der Waals surface area (Å²) < 4.78 is 5.33. The Hall–Kier alpha value is -1.97. The number of benzene rings is 1. The molecule has 3 rings (SSSR count). The van der Waals surface area contributed by atoms with E-state index in [1.807, 2.05) is 32.1 Å². The highest BCUT2D eigenvalue weighted by atomic mass is 16.5. The average Bonchev–Trinajstić information content (AvgIpc) is 2.50. The third kappa shape index (κ3) is 2.00. The Morgan fingerprint density at radius 2 is 2.04 bits per heavy atom. The maximum atomic E-state index is 11.9. The van der Waals surface area contributed by atoms with Crippen molar-refractivity contribution in [1.29, 1.82) is 0 Å². The van der Waals surface area contributed by atoms with Gasteiger partial charge in [-0.1, -0.05) is 25.5 Å². The van der Waals surface area contributed by atoms with Gasteiger partial charge in [-0.05, 0) is 43.9 Å². The van der Waals surface area contributed by atoms with E-state index >= 15 is 0 Å². The van der Waals surface area contributed by atoms with Crippen molar-refractivity contribution >= 4 is 12.0 Å². The average molecular weight is 316 g/mol. The molecule has 3 atom stereocenters. The molecule has 0 aliphatic heterocycles. The molecule has 124 valence electrons. The van der Waals surface area contributed by atoms with Crippen molar-refractivity contribution in [2.24, 2.45) is 11.3 Å². The van der Waals surface area contributed by atoms with Gasteiger partial charge in [0.15, 0.2) is 11.5 Å². The van der Waals surface area contributed by atoms with Crippen LogP contribution in [0.2, 0.25) is 0 Å². The fraction of sp³-hybridized carbons (Fsp3) is 0.526. The van der Waals surface area contributed by atoms with E-state index in [0.29, 0.717) is 12.2 Å². The van der Waals surface area contributed by atoms with Crippen molar-refractivity contribution < 1.29 is 19.7 Å². The van der Waals surface area contributed by atoms with Crippen molar-refractivity contribution in [3.8, 4) is 11.5 Å². The predicted octanol–water partition coefficient (Wildman–Crippen LogP) is 3.88. The van der Waals surface area contributed by atoms with E-state index in [1.165, 1.54) is 0 Å². The Kier molecular flexibility index (Phi) is 3.47. The van der Waals surface area contributed by atoms with Crippen molar-refractivity contribution in [3.63, 3.8) is 0 Å². The zero-order valence-electron chi connectivity index (χ0n) is 14.1. The number of methoxy groups -OCH3 is 1. The number of aromatic hydroxyl groups is 1. The van der Waals surface area contributed by atoms with E-state index in [1.54, 1.807) is 7.11 Å². The number of phenols is 1. The number of phenolic OH excluding ortho intramolecular Hbond substituents is 1. The van der Waals surface area contributed by atoms with Crippen LogP contribution in [-0.2, 0) is 10.2 Å². The van der Waals surface area contributed by atoms with Crippen LogP contribution in [0.5, 0.6) is 11.5 Å². The van der Waals surface area contributed by atoms with Gasteiger partial charge in [-0.25, -0.2) is 0 Å². The lowest BCUT2D eigenvalue weighted by atomic mass is 9.51. The van der Waals surface area contributed by atoms with Crippen LogP contribution in [0.3, 0.4) is 0 Å². The third-order valence-electron chi connectivity index (χ3n) is 6.10. The Labute approximate surface area is 136 Å². The molecule has 1 saturated carbocycles. The quantitative estimate of drug-likeness (QED) is 0.869. The van der Waals surface area contributed by atoms with Crippen LogP contribution < -0.4 is 4.74 Å². The van der Waals surface area contributed by atoms with Gasteiger partial charge in [0.25, 0.3) is 0 Å². The van der Waals surface area contributed by atoms with Gasteiger partial charge in [0, 0.05) is 16.9 Å². The third-order valence-corrected chi connectivity index (χ3v) is 6.10. The van der Waals surface area contributed by atoms with Gasteiger partial charge in [0.1, 0.15) is 0 Å². The molecule has 1 aromatic rings. The van der Waals surface area contributed by atoms with Crippen LogP contribution in [0, 0.1) is 18.3 Å². The monoisotopic (exact) mass is 316 g/mol. The van der Waals surface area contributed by atoms with E-state index in [9.17, 15) is 15.0 Å².